The van der Waals surface area contributed by atoms with Gasteiger partial charge in [0.05, 0.1) is 36.6 Å². The molecule has 0 spiro atoms. The lowest BCUT2D eigenvalue weighted by Crippen LogP contribution is -2.22. The van der Waals surface area contributed by atoms with Crippen molar-refractivity contribution < 1.29 is 4.74 Å². The zero-order chi connectivity index (χ0) is 18.1. The number of nitrogens with zero attached hydrogens (tertiary/aromatic N) is 4. The van der Waals surface area contributed by atoms with Gasteiger partial charge in [-0.1, -0.05) is 24.3 Å². The van der Waals surface area contributed by atoms with E-state index in [0.717, 1.165) is 16.7 Å². The topological polar surface area (TPSA) is 77.7 Å². The fourth-order valence-electron chi connectivity index (χ4n) is 2.92. The van der Waals surface area contributed by atoms with Crippen LogP contribution in [0.1, 0.15) is 5.82 Å². The molecular weight excluding hydrogens is 350 g/mol. The van der Waals surface area contributed by atoms with Crippen LogP contribution in [0.5, 0.6) is 5.75 Å². The highest BCUT2D eigenvalue weighted by Crippen LogP contribution is 2.24. The lowest BCUT2D eigenvalue weighted by molar-refractivity contribution is 0.412. The first-order valence-electron chi connectivity index (χ1n) is 7.93. The normalized spacial score (nSPS) is 11.0. The predicted molar refractivity (Wildman–Crippen MR) is 100 cm³/mol. The molecule has 8 heteroatoms. The third kappa shape index (κ3) is 2.70. The van der Waals surface area contributed by atoms with E-state index >= 15 is 0 Å². The number of benzene rings is 2. The minimum absolute atomic E-state index is 0.204. The van der Waals surface area contributed by atoms with Crippen LogP contribution in [-0.4, -0.2) is 31.4 Å². The Bertz CT molecular complexity index is 1210. The van der Waals surface area contributed by atoms with E-state index in [-0.39, 0.29) is 12.1 Å². The van der Waals surface area contributed by atoms with Crippen LogP contribution in [0.25, 0.3) is 16.7 Å². The molecule has 1 N–H and O–H groups in total. The van der Waals surface area contributed by atoms with Crippen molar-refractivity contribution in [3.63, 3.8) is 0 Å². The molecule has 2 aromatic heterocycles. The summed E-state index contributed by atoms with van der Waals surface area (Å²) in [4.78, 5) is 16.6. The van der Waals surface area contributed by atoms with Crippen LogP contribution in [0.2, 0.25) is 0 Å². The van der Waals surface area contributed by atoms with Crippen LogP contribution in [0, 0.1) is 4.77 Å². The Hall–Kier alpha value is -3.26. The number of rotatable bonds is 4. The van der Waals surface area contributed by atoms with E-state index in [9.17, 15) is 4.79 Å². The fraction of sp³-hybridized carbons (Fsp3) is 0.111. The third-order valence-electron chi connectivity index (χ3n) is 4.12. The molecule has 0 unspecified atom stereocenters. The quantitative estimate of drug-likeness (QED) is 0.563. The summed E-state index contributed by atoms with van der Waals surface area (Å²) in [5, 5.41) is 7.12. The zero-order valence-electron chi connectivity index (χ0n) is 13.9. The molecule has 4 rings (SSSR count). The Morgan fingerprint density at radius 2 is 1.92 bits per heavy atom. The van der Waals surface area contributed by atoms with E-state index in [0.29, 0.717) is 16.3 Å². The smallest absolute Gasteiger partial charge is 0.269 e. The van der Waals surface area contributed by atoms with Crippen LogP contribution in [0.3, 0.4) is 0 Å². The molecule has 130 valence electrons. The molecule has 4 aromatic rings. The number of H-pyrrole nitrogens is 1. The van der Waals surface area contributed by atoms with Crippen molar-refractivity contribution in [1.29, 1.82) is 0 Å². The van der Waals surface area contributed by atoms with Gasteiger partial charge in [0.1, 0.15) is 5.75 Å². The molecule has 0 atom stereocenters. The van der Waals surface area contributed by atoms with Crippen molar-refractivity contribution in [2.75, 3.05) is 7.11 Å². The summed E-state index contributed by atoms with van der Waals surface area (Å²) in [6, 6.07) is 15.0. The number of aromatic nitrogens is 5. The second-order valence-electron chi connectivity index (χ2n) is 5.62. The number of aromatic amines is 1. The molecule has 0 saturated carbocycles. The Kier molecular flexibility index (Phi) is 4.10. The number of hydrogen-bond acceptors (Lipinski definition) is 5. The van der Waals surface area contributed by atoms with Gasteiger partial charge in [0.15, 0.2) is 10.6 Å². The highest BCUT2D eigenvalue weighted by molar-refractivity contribution is 7.71. The molecule has 0 aliphatic heterocycles. The molecular formula is C18H15N5O2S. The van der Waals surface area contributed by atoms with Gasteiger partial charge >= 0.3 is 0 Å². The van der Waals surface area contributed by atoms with E-state index in [1.165, 1.54) is 6.20 Å². The number of hydrogen-bond donors (Lipinski definition) is 1. The highest BCUT2D eigenvalue weighted by atomic mass is 32.1. The lowest BCUT2D eigenvalue weighted by atomic mass is 10.2. The molecule has 7 nitrogen and oxygen atoms in total. The summed E-state index contributed by atoms with van der Waals surface area (Å²) in [6.07, 6.45) is 1.32. The van der Waals surface area contributed by atoms with Gasteiger partial charge in [-0.3, -0.25) is 19.0 Å². The maximum absolute atomic E-state index is 12.4. The van der Waals surface area contributed by atoms with Crippen molar-refractivity contribution in [3.8, 4) is 11.4 Å². The van der Waals surface area contributed by atoms with E-state index in [1.54, 1.807) is 16.2 Å². The SMILES string of the molecule is COc1ccccc1-n1c(Cn2c(=O)cnc3ccccc32)n[nH]c1=S. The minimum Gasteiger partial charge on any atom is -0.495 e. The predicted octanol–water partition coefficient (Wildman–Crippen LogP) is 2.70. The fourth-order valence-corrected chi connectivity index (χ4v) is 3.17. The first-order chi connectivity index (χ1) is 12.7. The average molecular weight is 365 g/mol. The number of fused-ring (bicyclic) bond motifs is 1. The van der Waals surface area contributed by atoms with Crippen LogP contribution in [-0.2, 0) is 6.54 Å². The largest absolute Gasteiger partial charge is 0.495 e. The van der Waals surface area contributed by atoms with Crippen molar-refractivity contribution >= 4 is 23.3 Å². The van der Waals surface area contributed by atoms with Gasteiger partial charge in [-0.2, -0.15) is 5.10 Å². The maximum atomic E-state index is 12.4. The molecule has 26 heavy (non-hydrogen) atoms. The molecule has 0 saturated heterocycles. The molecule has 0 radical (unpaired) electrons. The third-order valence-corrected chi connectivity index (χ3v) is 4.39. The summed E-state index contributed by atoms with van der Waals surface area (Å²) >= 11 is 5.40. The summed E-state index contributed by atoms with van der Waals surface area (Å²) in [5.74, 6) is 1.26. The van der Waals surface area contributed by atoms with E-state index in [4.69, 9.17) is 17.0 Å². The Balaban J connectivity index is 1.89. The highest BCUT2D eigenvalue weighted by Gasteiger charge is 2.14. The Morgan fingerprint density at radius 3 is 2.77 bits per heavy atom. The van der Waals surface area contributed by atoms with Crippen LogP contribution in [0.4, 0.5) is 0 Å². The second kappa shape index (κ2) is 6.57. The van der Waals surface area contributed by atoms with Gasteiger partial charge in [0.2, 0.25) is 0 Å². The summed E-state index contributed by atoms with van der Waals surface area (Å²) in [7, 11) is 1.60. The van der Waals surface area contributed by atoms with Gasteiger partial charge < -0.3 is 4.74 Å². The first kappa shape index (κ1) is 16.2. The van der Waals surface area contributed by atoms with Crippen molar-refractivity contribution in [3.05, 3.63) is 75.7 Å². The van der Waals surface area contributed by atoms with E-state index in [1.807, 2.05) is 48.5 Å². The van der Waals surface area contributed by atoms with Gasteiger partial charge in [0.25, 0.3) is 5.56 Å². The average Bonchev–Trinajstić information content (AvgIpc) is 3.04. The van der Waals surface area contributed by atoms with Gasteiger partial charge in [0, 0.05) is 0 Å². The summed E-state index contributed by atoms with van der Waals surface area (Å²) in [6.45, 7) is 0.243. The molecule has 0 fully saturated rings. The van der Waals surface area contributed by atoms with Crippen LogP contribution in [0.15, 0.2) is 59.5 Å². The molecule has 0 amide bonds. The summed E-state index contributed by atoms with van der Waals surface area (Å²) in [5.41, 5.74) is 2.03. The molecule has 2 heterocycles. The van der Waals surface area contributed by atoms with Crippen molar-refractivity contribution in [2.24, 2.45) is 0 Å². The van der Waals surface area contributed by atoms with Gasteiger partial charge in [-0.15, -0.1) is 0 Å². The number of nitrogens with one attached hydrogen (secondary N) is 1. The van der Waals surface area contributed by atoms with E-state index < -0.39 is 0 Å². The number of methoxy groups -OCH3 is 1. The lowest BCUT2D eigenvalue weighted by Gasteiger charge is -2.13. The van der Waals surface area contributed by atoms with Gasteiger partial charge in [-0.05, 0) is 36.5 Å². The van der Waals surface area contributed by atoms with Crippen molar-refractivity contribution in [2.45, 2.75) is 6.54 Å². The monoisotopic (exact) mass is 365 g/mol. The number of ether oxygens (including phenoxy) is 1. The molecule has 2 aromatic carbocycles. The standard InChI is InChI=1S/C18H15N5O2S/c1-25-15-9-5-4-8-14(15)23-16(20-21-18(23)26)11-22-13-7-3-2-6-12(13)19-10-17(22)24/h2-10H,11H2,1H3,(H,21,26). The second-order valence-corrected chi connectivity index (χ2v) is 6.01. The zero-order valence-corrected chi connectivity index (χ0v) is 14.7. The maximum Gasteiger partial charge on any atom is 0.269 e. The Labute approximate surface area is 153 Å². The van der Waals surface area contributed by atoms with Crippen molar-refractivity contribution in [1.82, 2.24) is 24.3 Å². The molecule has 0 aliphatic rings. The van der Waals surface area contributed by atoms with E-state index in [2.05, 4.69) is 15.2 Å². The minimum atomic E-state index is -0.204. The van der Waals surface area contributed by atoms with Crippen LogP contribution < -0.4 is 10.3 Å². The summed E-state index contributed by atoms with van der Waals surface area (Å²) < 4.78 is 9.26. The van der Waals surface area contributed by atoms with Crippen LogP contribution >= 0.6 is 12.2 Å². The number of para-hydroxylation sites is 4. The molecule has 0 aliphatic carbocycles. The Morgan fingerprint density at radius 1 is 1.15 bits per heavy atom. The molecule has 0 bridgehead atoms. The van der Waals surface area contributed by atoms with Gasteiger partial charge in [-0.25, -0.2) is 4.98 Å². The first-order valence-corrected chi connectivity index (χ1v) is 8.34.